The van der Waals surface area contributed by atoms with Gasteiger partial charge in [-0.1, -0.05) is 12.1 Å². The van der Waals surface area contributed by atoms with Crippen molar-refractivity contribution >= 4 is 23.2 Å². The molecule has 1 aliphatic heterocycles. The molecule has 2 amide bonds. The van der Waals surface area contributed by atoms with Crippen molar-refractivity contribution < 1.29 is 14.3 Å². The van der Waals surface area contributed by atoms with E-state index in [0.717, 1.165) is 12.8 Å². The zero-order chi connectivity index (χ0) is 19.3. The molecule has 2 heterocycles. The number of rotatable bonds is 5. The molecule has 142 valence electrons. The monoisotopic (exact) mass is 376 g/mol. The van der Waals surface area contributed by atoms with E-state index in [1.54, 1.807) is 53.5 Å². The molecule has 1 fully saturated rings. The average molecular weight is 376 g/mol. The highest BCUT2D eigenvalue weighted by molar-refractivity contribution is 6.06. The van der Waals surface area contributed by atoms with Crippen LogP contribution in [0.5, 0.6) is 0 Å². The third kappa shape index (κ3) is 3.94. The van der Waals surface area contributed by atoms with E-state index in [4.69, 9.17) is 4.74 Å². The summed E-state index contributed by atoms with van der Waals surface area (Å²) in [4.78, 5) is 24.8. The van der Waals surface area contributed by atoms with E-state index in [0.29, 0.717) is 29.2 Å². The summed E-state index contributed by atoms with van der Waals surface area (Å²) < 4.78 is 7.03. The van der Waals surface area contributed by atoms with Crippen molar-refractivity contribution in [2.75, 3.05) is 17.2 Å². The first-order valence-corrected chi connectivity index (χ1v) is 9.13. The molecular weight excluding hydrogens is 356 g/mol. The Morgan fingerprint density at radius 1 is 1.00 bits per heavy atom. The summed E-state index contributed by atoms with van der Waals surface area (Å²) >= 11 is 0. The summed E-state index contributed by atoms with van der Waals surface area (Å²) in [6, 6.07) is 16.1. The van der Waals surface area contributed by atoms with Gasteiger partial charge in [0.05, 0.1) is 11.3 Å². The summed E-state index contributed by atoms with van der Waals surface area (Å²) in [5, 5.41) is 9.91. The van der Waals surface area contributed by atoms with Gasteiger partial charge in [-0.25, -0.2) is 4.68 Å². The first-order valence-electron chi connectivity index (χ1n) is 9.13. The summed E-state index contributed by atoms with van der Waals surface area (Å²) in [5.41, 5.74) is 2.51. The lowest BCUT2D eigenvalue weighted by Gasteiger charge is -2.12. The summed E-state index contributed by atoms with van der Waals surface area (Å²) in [6.07, 6.45) is 4.73. The van der Waals surface area contributed by atoms with Gasteiger partial charge in [-0.3, -0.25) is 9.59 Å². The molecule has 0 radical (unpaired) electrons. The zero-order valence-corrected chi connectivity index (χ0v) is 15.2. The predicted molar refractivity (Wildman–Crippen MR) is 106 cm³/mol. The Balaban J connectivity index is 1.43. The molecule has 1 unspecified atom stereocenters. The number of ether oxygens (including phenoxy) is 1. The second kappa shape index (κ2) is 8.06. The summed E-state index contributed by atoms with van der Waals surface area (Å²) in [5.74, 6) is -0.371. The Hall–Kier alpha value is -3.45. The fraction of sp³-hybridized carbons (Fsp3) is 0.190. The Labute approximate surface area is 162 Å². The minimum absolute atomic E-state index is 0.137. The van der Waals surface area contributed by atoms with Crippen molar-refractivity contribution in [3.63, 3.8) is 0 Å². The van der Waals surface area contributed by atoms with E-state index in [1.807, 2.05) is 18.2 Å². The zero-order valence-electron chi connectivity index (χ0n) is 15.2. The van der Waals surface area contributed by atoms with Gasteiger partial charge in [0, 0.05) is 30.4 Å². The molecule has 4 rings (SSSR count). The van der Waals surface area contributed by atoms with Crippen molar-refractivity contribution in [3.05, 3.63) is 72.6 Å². The van der Waals surface area contributed by atoms with Gasteiger partial charge >= 0.3 is 0 Å². The van der Waals surface area contributed by atoms with E-state index in [2.05, 4.69) is 15.7 Å². The number of nitrogens with one attached hydrogen (secondary N) is 2. The molecule has 0 aliphatic carbocycles. The second-order valence-corrected chi connectivity index (χ2v) is 6.49. The van der Waals surface area contributed by atoms with Crippen LogP contribution >= 0.6 is 0 Å². The van der Waals surface area contributed by atoms with Crippen LogP contribution in [0.15, 0.2) is 67.0 Å². The molecule has 1 saturated heterocycles. The van der Waals surface area contributed by atoms with E-state index < -0.39 is 0 Å². The summed E-state index contributed by atoms with van der Waals surface area (Å²) in [6.45, 7) is 0.628. The number of hydrogen-bond donors (Lipinski definition) is 2. The molecule has 2 N–H and O–H groups in total. The van der Waals surface area contributed by atoms with Crippen molar-refractivity contribution in [3.8, 4) is 5.69 Å². The number of carbonyl (C=O) groups excluding carboxylic acids is 2. The van der Waals surface area contributed by atoms with Crippen LogP contribution < -0.4 is 10.6 Å². The number of nitrogens with zero attached hydrogens (tertiary/aromatic N) is 2. The number of benzene rings is 2. The van der Waals surface area contributed by atoms with Crippen LogP contribution in [0.1, 0.15) is 23.2 Å². The van der Waals surface area contributed by atoms with Gasteiger partial charge in [-0.2, -0.15) is 5.10 Å². The van der Waals surface area contributed by atoms with Gasteiger partial charge in [0.2, 0.25) is 0 Å². The lowest BCUT2D eigenvalue weighted by atomic mass is 10.1. The molecule has 0 bridgehead atoms. The lowest BCUT2D eigenvalue weighted by Crippen LogP contribution is -2.26. The molecule has 0 spiro atoms. The fourth-order valence-electron chi connectivity index (χ4n) is 3.12. The Kier molecular flexibility index (Phi) is 5.16. The molecule has 3 aromatic rings. The van der Waals surface area contributed by atoms with Crippen LogP contribution in [0.3, 0.4) is 0 Å². The van der Waals surface area contributed by atoms with E-state index in [-0.39, 0.29) is 17.9 Å². The van der Waals surface area contributed by atoms with Crippen molar-refractivity contribution in [2.45, 2.75) is 18.9 Å². The van der Waals surface area contributed by atoms with Gasteiger partial charge in [0.1, 0.15) is 6.10 Å². The van der Waals surface area contributed by atoms with Crippen molar-refractivity contribution in [1.29, 1.82) is 0 Å². The molecule has 1 aliphatic rings. The number of para-hydroxylation sites is 1. The molecule has 2 aromatic carbocycles. The maximum atomic E-state index is 12.7. The molecule has 7 heteroatoms. The van der Waals surface area contributed by atoms with Crippen molar-refractivity contribution in [1.82, 2.24) is 9.78 Å². The van der Waals surface area contributed by atoms with Gasteiger partial charge < -0.3 is 15.4 Å². The number of anilines is 2. The SMILES string of the molecule is O=C(Nc1ccc(NC(=O)C2CCCO2)cc1)c1ccccc1-n1cccn1. The molecule has 1 atom stereocenters. The highest BCUT2D eigenvalue weighted by Gasteiger charge is 2.23. The summed E-state index contributed by atoms with van der Waals surface area (Å²) in [7, 11) is 0. The molecular formula is C21H20N4O3. The predicted octanol–water partition coefficient (Wildman–Crippen LogP) is 3.24. The van der Waals surface area contributed by atoms with Crippen molar-refractivity contribution in [2.24, 2.45) is 0 Å². The Morgan fingerprint density at radius 3 is 2.43 bits per heavy atom. The van der Waals surface area contributed by atoms with Crippen LogP contribution in [-0.4, -0.2) is 34.3 Å². The first kappa shape index (κ1) is 17.9. The molecule has 0 saturated carbocycles. The number of carbonyl (C=O) groups is 2. The van der Waals surface area contributed by atoms with Crippen LogP contribution in [0.2, 0.25) is 0 Å². The minimum Gasteiger partial charge on any atom is -0.368 e. The standard InChI is InChI=1S/C21H20N4O3/c26-20(17-5-1-2-6-18(17)25-13-4-12-22-25)23-15-8-10-16(11-9-15)24-21(27)19-7-3-14-28-19/h1-2,4-6,8-13,19H,3,7,14H2,(H,23,26)(H,24,27). The fourth-order valence-corrected chi connectivity index (χ4v) is 3.12. The topological polar surface area (TPSA) is 85.3 Å². The maximum absolute atomic E-state index is 12.7. The highest BCUT2D eigenvalue weighted by Crippen LogP contribution is 2.19. The lowest BCUT2D eigenvalue weighted by molar-refractivity contribution is -0.124. The van der Waals surface area contributed by atoms with Gasteiger partial charge in [0.15, 0.2) is 0 Å². The number of hydrogen-bond acceptors (Lipinski definition) is 4. The Bertz CT molecular complexity index is 962. The van der Waals surface area contributed by atoms with Gasteiger partial charge in [-0.15, -0.1) is 0 Å². The molecule has 7 nitrogen and oxygen atoms in total. The number of amides is 2. The third-order valence-electron chi connectivity index (χ3n) is 4.53. The normalized spacial score (nSPS) is 15.9. The molecule has 1 aromatic heterocycles. The smallest absolute Gasteiger partial charge is 0.257 e. The third-order valence-corrected chi connectivity index (χ3v) is 4.53. The highest BCUT2D eigenvalue weighted by atomic mass is 16.5. The minimum atomic E-state index is -0.377. The largest absolute Gasteiger partial charge is 0.368 e. The van der Waals surface area contributed by atoms with Crippen LogP contribution in [0.4, 0.5) is 11.4 Å². The average Bonchev–Trinajstić information content (AvgIpc) is 3.43. The Morgan fingerprint density at radius 2 is 1.75 bits per heavy atom. The van der Waals surface area contributed by atoms with Gasteiger partial charge in [-0.05, 0) is 55.3 Å². The van der Waals surface area contributed by atoms with E-state index in [1.165, 1.54) is 0 Å². The number of aromatic nitrogens is 2. The van der Waals surface area contributed by atoms with Gasteiger partial charge in [0.25, 0.3) is 11.8 Å². The second-order valence-electron chi connectivity index (χ2n) is 6.49. The maximum Gasteiger partial charge on any atom is 0.257 e. The van der Waals surface area contributed by atoms with Crippen LogP contribution in [-0.2, 0) is 9.53 Å². The first-order chi connectivity index (χ1) is 13.7. The quantitative estimate of drug-likeness (QED) is 0.716. The van der Waals surface area contributed by atoms with Crippen LogP contribution in [0, 0.1) is 0 Å². The molecule has 28 heavy (non-hydrogen) atoms. The van der Waals surface area contributed by atoms with E-state index in [9.17, 15) is 9.59 Å². The van der Waals surface area contributed by atoms with Crippen LogP contribution in [0.25, 0.3) is 5.69 Å². The van der Waals surface area contributed by atoms with E-state index >= 15 is 0 Å².